The van der Waals surface area contributed by atoms with E-state index in [1.165, 1.54) is 0 Å². The molecule has 0 saturated heterocycles. The molecule has 1 aromatic rings. The Morgan fingerprint density at radius 2 is 1.29 bits per heavy atom. The van der Waals surface area contributed by atoms with E-state index in [9.17, 15) is 14.4 Å². The lowest BCUT2D eigenvalue weighted by Crippen LogP contribution is -2.10. The largest absolute Gasteiger partial charge is 0.478 e. The van der Waals surface area contributed by atoms with Gasteiger partial charge in [0, 0.05) is 0 Å². The molecule has 0 atom stereocenters. The number of rotatable bonds is 3. The Kier molecular flexibility index (Phi) is 5.12. The Morgan fingerprint density at radius 1 is 0.824 bits per heavy atom. The molecule has 0 unspecified atom stereocenters. The van der Waals surface area contributed by atoms with Crippen molar-refractivity contribution in [1.82, 2.24) is 0 Å². The summed E-state index contributed by atoms with van der Waals surface area (Å²) >= 11 is 0. The first-order chi connectivity index (χ1) is 7.93. The maximum Gasteiger partial charge on any atom is 0.336 e. The molecule has 17 heavy (non-hydrogen) atoms. The zero-order chi connectivity index (χ0) is 13.6. The van der Waals surface area contributed by atoms with Crippen molar-refractivity contribution in [2.45, 2.75) is 0 Å². The maximum absolute atomic E-state index is 10.6. The van der Waals surface area contributed by atoms with Gasteiger partial charge in [0.25, 0.3) is 0 Å². The lowest BCUT2D eigenvalue weighted by atomic mass is 10.0. The van der Waals surface area contributed by atoms with Crippen molar-refractivity contribution in [3.63, 3.8) is 0 Å². The third kappa shape index (κ3) is 3.45. The van der Waals surface area contributed by atoms with Gasteiger partial charge in [-0.05, 0) is 18.2 Å². The molecule has 0 heterocycles. The molecule has 0 amide bonds. The first kappa shape index (κ1) is 14.4. The maximum atomic E-state index is 10.6. The van der Waals surface area contributed by atoms with Crippen LogP contribution < -0.4 is 0 Å². The molecule has 0 bridgehead atoms. The molecule has 0 aliphatic carbocycles. The van der Waals surface area contributed by atoms with Gasteiger partial charge in [-0.3, -0.25) is 0 Å². The molecule has 6 nitrogen and oxygen atoms in total. The molecule has 6 heteroatoms. The fraction of sp³-hybridized carbons (Fsp3) is 0. The summed E-state index contributed by atoms with van der Waals surface area (Å²) in [6, 6.07) is 2.81. The van der Waals surface area contributed by atoms with Crippen LogP contribution in [0.5, 0.6) is 0 Å². The van der Waals surface area contributed by atoms with Crippen LogP contribution >= 0.6 is 0 Å². The molecular weight excluding hydrogens is 228 g/mol. The van der Waals surface area contributed by atoms with E-state index in [4.69, 9.17) is 15.3 Å². The summed E-state index contributed by atoms with van der Waals surface area (Å²) in [4.78, 5) is 31.8. The molecule has 90 valence electrons. The zero-order valence-electron chi connectivity index (χ0n) is 8.71. The third-order valence-electron chi connectivity index (χ3n) is 1.73. The second kappa shape index (κ2) is 6.06. The molecule has 0 aliphatic rings. The van der Waals surface area contributed by atoms with Crippen molar-refractivity contribution in [2.75, 3.05) is 0 Å². The summed E-state index contributed by atoms with van der Waals surface area (Å²) in [5.74, 6) is -4.20. The number of hydrogen-bond acceptors (Lipinski definition) is 3. The number of carboxylic acids is 3. The minimum absolute atomic E-state index is 0.266. The lowest BCUT2D eigenvalue weighted by molar-refractivity contribution is 0.0649. The average Bonchev–Trinajstić information content (AvgIpc) is 2.30. The van der Waals surface area contributed by atoms with Crippen LogP contribution in [-0.4, -0.2) is 33.2 Å². The van der Waals surface area contributed by atoms with Gasteiger partial charge in [0.1, 0.15) is 0 Å². The predicted octanol–water partition coefficient (Wildman–Crippen LogP) is 1.58. The molecule has 1 rings (SSSR count). The van der Waals surface area contributed by atoms with E-state index in [1.54, 1.807) is 0 Å². The summed E-state index contributed by atoms with van der Waals surface area (Å²) in [7, 11) is 0. The highest BCUT2D eigenvalue weighted by molar-refractivity contribution is 6.03. The van der Waals surface area contributed by atoms with Gasteiger partial charge in [-0.1, -0.05) is 0 Å². The third-order valence-corrected chi connectivity index (χ3v) is 1.73. The Labute approximate surface area is 96.4 Å². The van der Waals surface area contributed by atoms with E-state index in [1.807, 2.05) is 0 Å². The Morgan fingerprint density at radius 3 is 1.65 bits per heavy atom. The first-order valence-electron chi connectivity index (χ1n) is 4.27. The molecule has 0 spiro atoms. The minimum Gasteiger partial charge on any atom is -0.478 e. The Bertz CT molecular complexity index is 463. The van der Waals surface area contributed by atoms with Gasteiger partial charge >= 0.3 is 17.9 Å². The highest BCUT2D eigenvalue weighted by Crippen LogP contribution is 2.12. The van der Waals surface area contributed by atoms with Gasteiger partial charge in [0.15, 0.2) is 0 Å². The lowest BCUT2D eigenvalue weighted by Gasteiger charge is -2.02. The van der Waals surface area contributed by atoms with Gasteiger partial charge in [0.2, 0.25) is 0 Å². The fourth-order valence-corrected chi connectivity index (χ4v) is 1.04. The molecule has 0 saturated carbocycles. The van der Waals surface area contributed by atoms with Crippen LogP contribution in [0.25, 0.3) is 0 Å². The van der Waals surface area contributed by atoms with E-state index in [0.29, 0.717) is 0 Å². The van der Waals surface area contributed by atoms with Gasteiger partial charge in [-0.15, -0.1) is 13.2 Å². The average molecular weight is 238 g/mol. The van der Waals surface area contributed by atoms with Crippen LogP contribution in [-0.2, 0) is 0 Å². The fourth-order valence-electron chi connectivity index (χ4n) is 1.04. The van der Waals surface area contributed by atoms with Gasteiger partial charge in [-0.25, -0.2) is 14.4 Å². The van der Waals surface area contributed by atoms with Crippen molar-refractivity contribution in [1.29, 1.82) is 0 Å². The molecule has 1 aromatic carbocycles. The zero-order valence-corrected chi connectivity index (χ0v) is 8.71. The van der Waals surface area contributed by atoms with E-state index < -0.39 is 29.0 Å². The second-order valence-electron chi connectivity index (χ2n) is 2.68. The van der Waals surface area contributed by atoms with Crippen molar-refractivity contribution < 1.29 is 29.7 Å². The number of aromatic carboxylic acids is 3. The summed E-state index contributed by atoms with van der Waals surface area (Å²) in [5, 5.41) is 25.9. The topological polar surface area (TPSA) is 112 Å². The number of hydrogen-bond donors (Lipinski definition) is 3. The number of benzene rings is 1. The predicted molar refractivity (Wildman–Crippen MR) is 58.6 cm³/mol. The van der Waals surface area contributed by atoms with E-state index >= 15 is 0 Å². The smallest absolute Gasteiger partial charge is 0.336 e. The van der Waals surface area contributed by atoms with E-state index in [-0.39, 0.29) is 5.56 Å². The standard InChI is InChI=1S/C9H6O6.C2H4/c10-7(11)4-1-2-5(8(12)13)6(3-4)9(14)15;1-2/h1-3H,(H,10,11)(H,12,13)(H,14,15);1-2H2. The summed E-state index contributed by atoms with van der Waals surface area (Å²) in [6.07, 6.45) is 0. The summed E-state index contributed by atoms with van der Waals surface area (Å²) < 4.78 is 0. The van der Waals surface area contributed by atoms with Crippen LogP contribution in [0, 0.1) is 0 Å². The van der Waals surface area contributed by atoms with Crippen molar-refractivity contribution in [2.24, 2.45) is 0 Å². The SMILES string of the molecule is C=C.O=C(O)c1ccc(C(=O)O)c(C(=O)O)c1. The molecule has 0 aliphatic heterocycles. The van der Waals surface area contributed by atoms with Crippen molar-refractivity contribution >= 4 is 17.9 Å². The van der Waals surface area contributed by atoms with Crippen LogP contribution in [0.4, 0.5) is 0 Å². The molecule has 0 radical (unpaired) electrons. The van der Waals surface area contributed by atoms with E-state index in [0.717, 1.165) is 18.2 Å². The highest BCUT2D eigenvalue weighted by Gasteiger charge is 2.17. The summed E-state index contributed by atoms with van der Waals surface area (Å²) in [5.41, 5.74) is -1.24. The first-order valence-corrected chi connectivity index (χ1v) is 4.27. The monoisotopic (exact) mass is 238 g/mol. The summed E-state index contributed by atoms with van der Waals surface area (Å²) in [6.45, 7) is 6.00. The van der Waals surface area contributed by atoms with Gasteiger partial charge < -0.3 is 15.3 Å². The van der Waals surface area contributed by atoms with Crippen molar-refractivity contribution in [3.8, 4) is 0 Å². The van der Waals surface area contributed by atoms with Crippen LogP contribution in [0.1, 0.15) is 31.1 Å². The van der Waals surface area contributed by atoms with Crippen molar-refractivity contribution in [3.05, 3.63) is 48.0 Å². The molecule has 0 fully saturated rings. The minimum atomic E-state index is -1.48. The quantitative estimate of drug-likeness (QED) is 0.689. The Hall–Kier alpha value is -2.63. The molecular formula is C11H10O6. The molecule has 3 N–H and O–H groups in total. The van der Waals surface area contributed by atoms with E-state index in [2.05, 4.69) is 13.2 Å². The van der Waals surface area contributed by atoms with Gasteiger partial charge in [0.05, 0.1) is 16.7 Å². The Balaban J connectivity index is 0.00000121. The van der Waals surface area contributed by atoms with Crippen LogP contribution in [0.2, 0.25) is 0 Å². The van der Waals surface area contributed by atoms with Gasteiger partial charge in [-0.2, -0.15) is 0 Å². The normalized spacial score (nSPS) is 8.71. The highest BCUT2D eigenvalue weighted by atomic mass is 16.4. The van der Waals surface area contributed by atoms with Crippen LogP contribution in [0.15, 0.2) is 31.4 Å². The molecule has 0 aromatic heterocycles. The van der Waals surface area contributed by atoms with Crippen LogP contribution in [0.3, 0.4) is 0 Å². The number of carbonyl (C=O) groups is 3. The second-order valence-corrected chi connectivity index (χ2v) is 2.68. The number of carboxylic acid groups (broad SMARTS) is 3.